The van der Waals surface area contributed by atoms with Crippen molar-refractivity contribution in [1.82, 2.24) is 0 Å². The molecule has 0 N–H and O–H groups in total. The van der Waals surface area contributed by atoms with E-state index in [-0.39, 0.29) is 5.22 Å². The molecule has 0 aliphatic carbocycles. The minimum Gasteiger partial charge on any atom is -0.366 e. The van der Waals surface area contributed by atoms with Crippen molar-refractivity contribution in [2.24, 2.45) is 0 Å². The highest BCUT2D eigenvalue weighted by atomic mass is 28.3. The van der Waals surface area contributed by atoms with Crippen molar-refractivity contribution in [3.8, 4) is 12.3 Å². The van der Waals surface area contributed by atoms with E-state index in [0.717, 1.165) is 0 Å². The van der Waals surface area contributed by atoms with Crippen LogP contribution in [0.3, 0.4) is 0 Å². The monoisotopic (exact) mass is 170 g/mol. The maximum atomic E-state index is 5.57. The van der Waals surface area contributed by atoms with Gasteiger partial charge in [-0.25, -0.2) is 0 Å². The Morgan fingerprint density at radius 3 is 2.09 bits per heavy atom. The predicted octanol–water partition coefficient (Wildman–Crippen LogP) is 2.29. The summed E-state index contributed by atoms with van der Waals surface area (Å²) in [7, 11) is -1.24. The summed E-state index contributed by atoms with van der Waals surface area (Å²) in [6.07, 6.45) is 5.12. The fraction of sp³-hybridized carbons (Fsp3) is 0.778. The van der Waals surface area contributed by atoms with Crippen molar-refractivity contribution >= 4 is 8.07 Å². The Bertz CT molecular complexity index is 159. The molecule has 0 aromatic rings. The molecule has 0 aliphatic rings. The van der Waals surface area contributed by atoms with Crippen molar-refractivity contribution in [2.45, 2.75) is 38.7 Å². The number of hydrogen-bond donors (Lipinski definition) is 0. The summed E-state index contributed by atoms with van der Waals surface area (Å²) < 4.78 is 5.57. The molecular formula is C9H18OSi. The summed E-state index contributed by atoms with van der Waals surface area (Å²) in [6.45, 7) is 11.5. The van der Waals surface area contributed by atoms with Crippen molar-refractivity contribution in [2.75, 3.05) is 6.61 Å². The maximum Gasteiger partial charge on any atom is 0.107 e. The summed E-state index contributed by atoms with van der Waals surface area (Å²) in [5.41, 5.74) is 0. The van der Waals surface area contributed by atoms with E-state index in [1.54, 1.807) is 0 Å². The highest BCUT2D eigenvalue weighted by Gasteiger charge is 2.35. The molecule has 2 heteroatoms. The molecule has 0 saturated carbocycles. The third-order valence-corrected chi connectivity index (χ3v) is 6.08. The van der Waals surface area contributed by atoms with E-state index in [0.29, 0.717) is 6.61 Å². The first-order chi connectivity index (χ1) is 4.81. The van der Waals surface area contributed by atoms with Crippen LogP contribution in [-0.4, -0.2) is 19.9 Å². The number of ether oxygens (including phenoxy) is 1. The van der Waals surface area contributed by atoms with E-state index >= 15 is 0 Å². The van der Waals surface area contributed by atoms with Crippen LogP contribution in [0.5, 0.6) is 0 Å². The lowest BCUT2D eigenvalue weighted by Gasteiger charge is -2.36. The summed E-state index contributed by atoms with van der Waals surface area (Å²) in [4.78, 5) is 0. The minimum absolute atomic E-state index is 0.0145. The van der Waals surface area contributed by atoms with Crippen LogP contribution in [0, 0.1) is 12.3 Å². The number of terminal acetylenes is 1. The van der Waals surface area contributed by atoms with E-state index in [1.807, 2.05) is 0 Å². The van der Waals surface area contributed by atoms with Gasteiger partial charge in [0.15, 0.2) is 0 Å². The second kappa shape index (κ2) is 3.42. The van der Waals surface area contributed by atoms with Crippen LogP contribution in [0.25, 0.3) is 0 Å². The van der Waals surface area contributed by atoms with Gasteiger partial charge in [-0.2, -0.15) is 0 Å². The molecule has 0 heterocycles. The van der Waals surface area contributed by atoms with Gasteiger partial charge in [-0.3, -0.25) is 0 Å². The Morgan fingerprint density at radius 2 is 1.82 bits per heavy atom. The Morgan fingerprint density at radius 1 is 1.36 bits per heavy atom. The van der Waals surface area contributed by atoms with Crippen molar-refractivity contribution in [3.05, 3.63) is 0 Å². The molecule has 1 nitrogen and oxygen atoms in total. The molecular weight excluding hydrogens is 152 g/mol. The molecule has 0 spiro atoms. The molecule has 0 radical (unpaired) electrons. The van der Waals surface area contributed by atoms with Gasteiger partial charge >= 0.3 is 0 Å². The van der Waals surface area contributed by atoms with Gasteiger partial charge in [0, 0.05) is 0 Å². The number of rotatable bonds is 3. The Labute approximate surface area is 71.2 Å². The zero-order valence-corrected chi connectivity index (χ0v) is 9.19. The van der Waals surface area contributed by atoms with Crippen LogP contribution in [0.15, 0.2) is 0 Å². The van der Waals surface area contributed by atoms with Crippen LogP contribution < -0.4 is 0 Å². The van der Waals surface area contributed by atoms with Gasteiger partial charge in [-0.05, 0) is 13.8 Å². The Hall–Kier alpha value is -0.263. The average Bonchev–Trinajstić information content (AvgIpc) is 1.81. The van der Waals surface area contributed by atoms with Gasteiger partial charge in [-0.15, -0.1) is 6.42 Å². The van der Waals surface area contributed by atoms with Gasteiger partial charge in [0.2, 0.25) is 0 Å². The third-order valence-electron chi connectivity index (χ3n) is 2.32. The van der Waals surface area contributed by atoms with Crippen LogP contribution in [0.1, 0.15) is 13.8 Å². The second-order valence-corrected chi connectivity index (χ2v) is 9.96. The van der Waals surface area contributed by atoms with Crippen LogP contribution in [0.2, 0.25) is 19.6 Å². The largest absolute Gasteiger partial charge is 0.366 e. The summed E-state index contributed by atoms with van der Waals surface area (Å²) in [5.74, 6) is 2.50. The molecule has 64 valence electrons. The molecule has 0 fully saturated rings. The van der Waals surface area contributed by atoms with Crippen LogP contribution in [0.4, 0.5) is 0 Å². The standard InChI is InChI=1S/C9H18OSi/c1-7-8-10-9(2,3)11(4,5)6/h1H,8H2,2-6H3. The zero-order valence-electron chi connectivity index (χ0n) is 8.19. The van der Waals surface area contributed by atoms with E-state index in [4.69, 9.17) is 11.2 Å². The Kier molecular flexibility index (Phi) is 3.34. The smallest absolute Gasteiger partial charge is 0.107 e. The molecule has 0 unspecified atom stereocenters. The second-order valence-electron chi connectivity index (χ2n) is 4.25. The first-order valence-corrected chi connectivity index (χ1v) is 7.39. The fourth-order valence-electron chi connectivity index (χ4n) is 0.439. The molecule has 0 saturated heterocycles. The maximum absolute atomic E-state index is 5.57. The predicted molar refractivity (Wildman–Crippen MR) is 52.2 cm³/mol. The summed E-state index contributed by atoms with van der Waals surface area (Å²) in [6, 6.07) is 0. The highest BCUT2D eigenvalue weighted by Crippen LogP contribution is 2.23. The SMILES string of the molecule is C#CCOC(C)(C)[Si](C)(C)C. The molecule has 11 heavy (non-hydrogen) atoms. The molecule has 0 bridgehead atoms. The topological polar surface area (TPSA) is 9.23 Å². The van der Waals surface area contributed by atoms with Crippen LogP contribution in [-0.2, 0) is 4.74 Å². The lowest BCUT2D eigenvalue weighted by molar-refractivity contribution is 0.0611. The van der Waals surface area contributed by atoms with Crippen molar-refractivity contribution in [3.63, 3.8) is 0 Å². The van der Waals surface area contributed by atoms with E-state index in [9.17, 15) is 0 Å². The van der Waals surface area contributed by atoms with Gasteiger partial charge in [0.05, 0.1) is 13.3 Å². The van der Waals surface area contributed by atoms with E-state index in [2.05, 4.69) is 39.4 Å². The van der Waals surface area contributed by atoms with E-state index < -0.39 is 8.07 Å². The number of hydrogen-bond acceptors (Lipinski definition) is 1. The molecule has 0 aromatic heterocycles. The van der Waals surface area contributed by atoms with Crippen LogP contribution >= 0.6 is 0 Å². The first-order valence-electron chi connectivity index (χ1n) is 3.89. The molecule has 0 atom stereocenters. The third kappa shape index (κ3) is 3.09. The lowest BCUT2D eigenvalue weighted by atomic mass is 10.4. The lowest BCUT2D eigenvalue weighted by Crippen LogP contribution is -2.49. The van der Waals surface area contributed by atoms with Gasteiger partial charge < -0.3 is 4.74 Å². The quantitative estimate of drug-likeness (QED) is 0.466. The zero-order chi connectivity index (χ0) is 9.12. The first kappa shape index (κ1) is 10.7. The van der Waals surface area contributed by atoms with E-state index in [1.165, 1.54) is 0 Å². The highest BCUT2D eigenvalue weighted by molar-refractivity contribution is 6.78. The fourth-order valence-corrected chi connectivity index (χ4v) is 0.944. The van der Waals surface area contributed by atoms with Gasteiger partial charge in [-0.1, -0.05) is 25.6 Å². The van der Waals surface area contributed by atoms with Crippen molar-refractivity contribution in [1.29, 1.82) is 0 Å². The normalized spacial score (nSPS) is 12.7. The summed E-state index contributed by atoms with van der Waals surface area (Å²) in [5, 5.41) is -0.0145. The Balaban J connectivity index is 4.13. The van der Waals surface area contributed by atoms with Gasteiger partial charge in [0.1, 0.15) is 6.61 Å². The average molecular weight is 170 g/mol. The van der Waals surface area contributed by atoms with Crippen molar-refractivity contribution < 1.29 is 4.74 Å². The minimum atomic E-state index is -1.24. The summed E-state index contributed by atoms with van der Waals surface area (Å²) >= 11 is 0. The molecule has 0 aliphatic heterocycles. The van der Waals surface area contributed by atoms with Gasteiger partial charge in [0.25, 0.3) is 0 Å². The molecule has 0 amide bonds. The molecule has 0 aromatic carbocycles. The molecule has 0 rings (SSSR count).